The molecular formula is C29H30N2O4. The fraction of sp³-hybridized carbons (Fsp3) is 0.414. The fourth-order valence-electron chi connectivity index (χ4n) is 6.85. The van der Waals surface area contributed by atoms with E-state index in [1.807, 2.05) is 30.6 Å². The Hall–Kier alpha value is -3.25. The summed E-state index contributed by atoms with van der Waals surface area (Å²) >= 11 is 0. The van der Waals surface area contributed by atoms with Gasteiger partial charge in [-0.25, -0.2) is 0 Å². The number of ether oxygens (including phenoxy) is 2. The largest absolute Gasteiger partial charge is 0.489 e. The lowest BCUT2D eigenvalue weighted by molar-refractivity contribution is -0.147. The van der Waals surface area contributed by atoms with E-state index in [-0.39, 0.29) is 47.1 Å². The molecule has 1 aliphatic heterocycles. The van der Waals surface area contributed by atoms with Crippen LogP contribution in [0.5, 0.6) is 0 Å². The minimum absolute atomic E-state index is 0.0379. The molecule has 1 aromatic heterocycles. The molecule has 35 heavy (non-hydrogen) atoms. The van der Waals surface area contributed by atoms with Gasteiger partial charge in [0.2, 0.25) is 0 Å². The minimum atomic E-state index is -0.302. The van der Waals surface area contributed by atoms with E-state index in [2.05, 4.69) is 36.2 Å². The third-order valence-corrected chi connectivity index (χ3v) is 8.49. The van der Waals surface area contributed by atoms with Crippen molar-refractivity contribution in [1.82, 2.24) is 4.98 Å². The van der Waals surface area contributed by atoms with Crippen LogP contribution < -0.4 is 5.73 Å². The average Bonchev–Trinajstić information content (AvgIpc) is 3.14. The molecular weight excluding hydrogens is 440 g/mol. The molecule has 1 saturated carbocycles. The Morgan fingerprint density at radius 2 is 2.14 bits per heavy atom. The molecule has 0 saturated heterocycles. The number of Topliss-reactive ketones (excluding diaryl/α,β-unsaturated/α-hetero) is 1. The summed E-state index contributed by atoms with van der Waals surface area (Å²) in [4.78, 5) is 29.2. The summed E-state index contributed by atoms with van der Waals surface area (Å²) in [5.74, 6) is 0.780. The molecule has 2 N–H and O–H groups in total. The van der Waals surface area contributed by atoms with Gasteiger partial charge in [0.1, 0.15) is 18.0 Å². The first-order chi connectivity index (χ1) is 16.9. The molecule has 2 aromatic rings. The zero-order valence-electron chi connectivity index (χ0n) is 20.1. The summed E-state index contributed by atoms with van der Waals surface area (Å²) < 4.78 is 12.6. The molecule has 6 heteroatoms. The van der Waals surface area contributed by atoms with Crippen LogP contribution in [0.3, 0.4) is 0 Å². The predicted molar refractivity (Wildman–Crippen MR) is 132 cm³/mol. The Morgan fingerprint density at radius 1 is 1.29 bits per heavy atom. The second-order valence-corrected chi connectivity index (χ2v) is 10.6. The van der Waals surface area contributed by atoms with Crippen LogP contribution in [0, 0.1) is 17.3 Å². The smallest absolute Gasteiger partial charge is 0.302 e. The molecule has 1 aromatic carbocycles. The number of carbonyl (C=O) groups excluding carboxylic acids is 2. The Kier molecular flexibility index (Phi) is 5.18. The summed E-state index contributed by atoms with van der Waals surface area (Å²) in [5, 5.41) is 2.19. The highest BCUT2D eigenvalue weighted by Crippen LogP contribution is 2.61. The molecule has 3 aliphatic carbocycles. The summed E-state index contributed by atoms with van der Waals surface area (Å²) in [5.41, 5.74) is 8.48. The van der Waals surface area contributed by atoms with Crippen molar-refractivity contribution < 1.29 is 19.1 Å². The first-order valence-electron chi connectivity index (χ1n) is 12.4. The second kappa shape index (κ2) is 8.16. The average molecular weight is 471 g/mol. The van der Waals surface area contributed by atoms with Crippen LogP contribution in [-0.2, 0) is 19.1 Å². The number of benzene rings is 1. The molecule has 0 amide bonds. The van der Waals surface area contributed by atoms with Crippen LogP contribution in [0.25, 0.3) is 10.8 Å². The van der Waals surface area contributed by atoms with Crippen molar-refractivity contribution in [1.29, 1.82) is 0 Å². The van der Waals surface area contributed by atoms with Gasteiger partial charge in [0.15, 0.2) is 5.78 Å². The number of fused-ring (bicyclic) bond motifs is 4. The van der Waals surface area contributed by atoms with Crippen molar-refractivity contribution in [3.8, 4) is 0 Å². The molecule has 6 nitrogen and oxygen atoms in total. The number of nitrogens with two attached hydrogens (primary N) is 1. The highest BCUT2D eigenvalue weighted by molar-refractivity contribution is 6.00. The van der Waals surface area contributed by atoms with Gasteiger partial charge in [-0.1, -0.05) is 37.3 Å². The van der Waals surface area contributed by atoms with Crippen LogP contribution in [0.2, 0.25) is 0 Å². The number of pyridine rings is 1. The number of ketones is 1. The number of rotatable bonds is 3. The molecule has 4 aliphatic rings. The lowest BCUT2D eigenvalue weighted by Gasteiger charge is -2.44. The number of allylic oxidation sites excluding steroid dienone is 4. The lowest BCUT2D eigenvalue weighted by atomic mass is 9.64. The highest BCUT2D eigenvalue weighted by Gasteiger charge is 2.58. The maximum atomic E-state index is 12.8. The predicted octanol–water partition coefficient (Wildman–Crippen LogP) is 4.36. The molecule has 2 heterocycles. The maximum Gasteiger partial charge on any atom is 0.302 e. The maximum absolute atomic E-state index is 12.8. The number of carbonyl (C=O) groups is 2. The number of hydrogen-bond donors (Lipinski definition) is 1. The van der Waals surface area contributed by atoms with E-state index in [0.29, 0.717) is 31.4 Å². The SMILES string of the molecule is CC(=O)OC1C[C@H]2[C@@H]3OC4=C(C=C3C=C[C@]2(C)[C@H]1c1cccc2cnccc12)C(=O)CC(CN)C4. The molecule has 0 radical (unpaired) electrons. The van der Waals surface area contributed by atoms with Gasteiger partial charge in [-0.05, 0) is 47.5 Å². The van der Waals surface area contributed by atoms with Crippen LogP contribution >= 0.6 is 0 Å². The molecule has 180 valence electrons. The van der Waals surface area contributed by atoms with Gasteiger partial charge in [-0.2, -0.15) is 0 Å². The zero-order valence-corrected chi connectivity index (χ0v) is 20.1. The van der Waals surface area contributed by atoms with Crippen molar-refractivity contribution in [2.75, 3.05) is 6.54 Å². The monoisotopic (exact) mass is 470 g/mol. The van der Waals surface area contributed by atoms with Gasteiger partial charge in [0.25, 0.3) is 0 Å². The highest BCUT2D eigenvalue weighted by atomic mass is 16.5. The first kappa shape index (κ1) is 22.2. The second-order valence-electron chi connectivity index (χ2n) is 10.6. The van der Waals surface area contributed by atoms with Crippen molar-refractivity contribution in [3.63, 3.8) is 0 Å². The van der Waals surface area contributed by atoms with Crippen molar-refractivity contribution in [3.05, 3.63) is 77.4 Å². The molecule has 0 spiro atoms. The van der Waals surface area contributed by atoms with Crippen LogP contribution in [0.15, 0.2) is 71.8 Å². The van der Waals surface area contributed by atoms with Gasteiger partial charge in [0, 0.05) is 54.8 Å². The van der Waals surface area contributed by atoms with Crippen LogP contribution in [0.4, 0.5) is 0 Å². The summed E-state index contributed by atoms with van der Waals surface area (Å²) in [7, 11) is 0. The molecule has 6 atom stereocenters. The topological polar surface area (TPSA) is 91.5 Å². The van der Waals surface area contributed by atoms with E-state index in [1.54, 1.807) is 0 Å². The van der Waals surface area contributed by atoms with E-state index >= 15 is 0 Å². The Labute approximate surface area is 204 Å². The summed E-state index contributed by atoms with van der Waals surface area (Å²) in [6.45, 7) is 4.20. The Balaban J connectivity index is 1.45. The van der Waals surface area contributed by atoms with Gasteiger partial charge in [-0.3, -0.25) is 14.6 Å². The zero-order chi connectivity index (χ0) is 24.3. The third-order valence-electron chi connectivity index (χ3n) is 8.49. The Bertz CT molecular complexity index is 1320. The van der Waals surface area contributed by atoms with Crippen molar-refractivity contribution in [2.45, 2.75) is 51.2 Å². The Morgan fingerprint density at radius 3 is 2.94 bits per heavy atom. The molecule has 1 fully saturated rings. The fourth-order valence-corrected chi connectivity index (χ4v) is 6.85. The third kappa shape index (κ3) is 3.46. The number of aromatic nitrogens is 1. The van der Waals surface area contributed by atoms with Gasteiger partial charge in [0.05, 0.1) is 5.57 Å². The normalized spacial score (nSPS) is 33.5. The van der Waals surface area contributed by atoms with Crippen molar-refractivity contribution in [2.24, 2.45) is 23.0 Å². The van der Waals surface area contributed by atoms with Gasteiger partial charge in [-0.15, -0.1) is 0 Å². The van der Waals surface area contributed by atoms with Gasteiger partial charge >= 0.3 is 5.97 Å². The van der Waals surface area contributed by atoms with Gasteiger partial charge < -0.3 is 15.2 Å². The standard InChI is InChI=1S/C29H30N2O4/c1-16(32)34-26-13-23-28-18(12-22-24(33)10-17(14-30)11-25(22)35-28)6-8-29(23,2)27(26)21-5-3-4-19-15-31-9-7-20(19)21/h3-9,12,15,17,23,26-28H,10-11,13-14,30H2,1-2H3/t17?,23-,26?,27-,28+,29-/m0/s1. The number of esters is 1. The minimum Gasteiger partial charge on any atom is -0.489 e. The first-order valence-corrected chi connectivity index (χ1v) is 12.4. The van der Waals surface area contributed by atoms with E-state index in [9.17, 15) is 9.59 Å². The van der Waals surface area contributed by atoms with E-state index in [1.165, 1.54) is 6.92 Å². The number of nitrogens with zero attached hydrogens (tertiary/aromatic N) is 1. The quantitative estimate of drug-likeness (QED) is 0.670. The lowest BCUT2D eigenvalue weighted by Crippen LogP contribution is -2.41. The van der Waals surface area contributed by atoms with Crippen LogP contribution in [-0.4, -0.2) is 35.5 Å². The van der Waals surface area contributed by atoms with Crippen LogP contribution in [0.1, 0.15) is 44.6 Å². The van der Waals surface area contributed by atoms with E-state index in [4.69, 9.17) is 15.2 Å². The summed E-state index contributed by atoms with van der Waals surface area (Å²) in [6, 6.07) is 8.29. The van der Waals surface area contributed by atoms with E-state index < -0.39 is 0 Å². The van der Waals surface area contributed by atoms with E-state index in [0.717, 1.165) is 27.7 Å². The number of hydrogen-bond acceptors (Lipinski definition) is 6. The summed E-state index contributed by atoms with van der Waals surface area (Å²) in [6.07, 6.45) is 11.5. The molecule has 6 rings (SSSR count). The molecule has 0 bridgehead atoms. The molecule has 2 unspecified atom stereocenters. The van der Waals surface area contributed by atoms with Crippen molar-refractivity contribution >= 4 is 22.5 Å².